The van der Waals surface area contributed by atoms with Crippen LogP contribution in [0.2, 0.25) is 0 Å². The molecule has 4 atom stereocenters. The summed E-state index contributed by atoms with van der Waals surface area (Å²) in [5.74, 6) is -0.0680. The van der Waals surface area contributed by atoms with Crippen LogP contribution in [0.15, 0.2) is 52.7 Å². The lowest BCUT2D eigenvalue weighted by Gasteiger charge is -2.23. The second-order valence-corrected chi connectivity index (χ2v) is 11.9. The lowest BCUT2D eigenvalue weighted by atomic mass is 9.90. The standard InChI is InChI=1S/C23H25BrN4O6S2/c1-23(31,13-4-3-5-15(24)6-13)14-7-20(35-11-14)21(30)17-10-26-12-27-22(17)28-16-8-18(29)19(9-16)34-36(32,33)25-2/h3-7,10-12,16,18-19,25,29,31H,8-9H2,1-2H3,(H,26,27,28)/t16-,18+,19-,23+/m1/s1. The number of aliphatic hydroxyl groups excluding tert-OH is 1. The van der Waals surface area contributed by atoms with E-state index in [0.29, 0.717) is 16.0 Å². The van der Waals surface area contributed by atoms with Crippen molar-refractivity contribution in [1.29, 1.82) is 0 Å². The minimum Gasteiger partial charge on any atom is -0.390 e. The molecule has 1 saturated carbocycles. The van der Waals surface area contributed by atoms with E-state index >= 15 is 0 Å². The molecule has 36 heavy (non-hydrogen) atoms. The Morgan fingerprint density at radius 3 is 2.78 bits per heavy atom. The Morgan fingerprint density at radius 2 is 2.06 bits per heavy atom. The number of hydrogen-bond donors (Lipinski definition) is 4. The monoisotopic (exact) mass is 596 g/mol. The van der Waals surface area contributed by atoms with Gasteiger partial charge in [0.15, 0.2) is 0 Å². The van der Waals surface area contributed by atoms with Crippen molar-refractivity contribution in [2.45, 2.75) is 43.6 Å². The van der Waals surface area contributed by atoms with E-state index in [9.17, 15) is 23.4 Å². The van der Waals surface area contributed by atoms with E-state index in [2.05, 4.69) is 35.9 Å². The fourth-order valence-corrected chi connectivity index (χ4v) is 6.01. The summed E-state index contributed by atoms with van der Waals surface area (Å²) in [6.07, 6.45) is 1.15. The van der Waals surface area contributed by atoms with Crippen LogP contribution in [-0.4, -0.2) is 59.7 Å². The van der Waals surface area contributed by atoms with Gasteiger partial charge in [0, 0.05) is 23.8 Å². The Balaban J connectivity index is 1.52. The summed E-state index contributed by atoms with van der Waals surface area (Å²) in [5, 5.41) is 26.3. The molecule has 2 heterocycles. The molecule has 1 aliphatic rings. The molecule has 13 heteroatoms. The molecule has 3 aromatic rings. The largest absolute Gasteiger partial charge is 0.390 e. The lowest BCUT2D eigenvalue weighted by Crippen LogP contribution is -2.31. The van der Waals surface area contributed by atoms with Crippen LogP contribution in [0.3, 0.4) is 0 Å². The van der Waals surface area contributed by atoms with Gasteiger partial charge in [0.1, 0.15) is 23.9 Å². The molecule has 192 valence electrons. The number of nitrogens with one attached hydrogen (secondary N) is 2. The Kier molecular flexibility index (Phi) is 7.90. The van der Waals surface area contributed by atoms with E-state index in [4.69, 9.17) is 4.18 Å². The molecule has 4 rings (SSSR count). The first-order valence-electron chi connectivity index (χ1n) is 11.0. The molecular formula is C23H25BrN4O6S2. The highest BCUT2D eigenvalue weighted by molar-refractivity contribution is 9.10. The Bertz CT molecular complexity index is 1360. The van der Waals surface area contributed by atoms with Crippen molar-refractivity contribution < 1.29 is 27.6 Å². The summed E-state index contributed by atoms with van der Waals surface area (Å²) in [4.78, 5) is 21.9. The summed E-state index contributed by atoms with van der Waals surface area (Å²) in [6.45, 7) is 1.67. The van der Waals surface area contributed by atoms with Crippen molar-refractivity contribution >= 4 is 49.2 Å². The predicted octanol–water partition coefficient (Wildman–Crippen LogP) is 2.57. The third-order valence-electron chi connectivity index (χ3n) is 6.04. The summed E-state index contributed by atoms with van der Waals surface area (Å²) in [5.41, 5.74) is 0.158. The molecular weight excluding hydrogens is 572 g/mol. The number of thiophene rings is 1. The number of carbonyl (C=O) groups excluding carboxylic acids is 1. The number of benzene rings is 1. The van der Waals surface area contributed by atoms with Gasteiger partial charge in [-0.15, -0.1) is 11.3 Å². The van der Waals surface area contributed by atoms with Gasteiger partial charge in [-0.1, -0.05) is 28.1 Å². The van der Waals surface area contributed by atoms with E-state index in [1.165, 1.54) is 30.9 Å². The van der Waals surface area contributed by atoms with Gasteiger partial charge < -0.3 is 15.5 Å². The van der Waals surface area contributed by atoms with Gasteiger partial charge in [0.05, 0.1) is 16.5 Å². The first-order chi connectivity index (χ1) is 17.0. The molecule has 0 aliphatic heterocycles. The number of aliphatic hydroxyl groups is 2. The molecule has 1 fully saturated rings. The molecule has 10 nitrogen and oxygen atoms in total. The van der Waals surface area contributed by atoms with Crippen LogP contribution in [0.4, 0.5) is 5.82 Å². The molecule has 1 aliphatic carbocycles. The molecule has 0 unspecified atom stereocenters. The van der Waals surface area contributed by atoms with Gasteiger partial charge in [-0.2, -0.15) is 13.1 Å². The molecule has 0 saturated heterocycles. The second-order valence-electron chi connectivity index (χ2n) is 8.57. The van der Waals surface area contributed by atoms with Gasteiger partial charge in [-0.3, -0.25) is 8.98 Å². The highest BCUT2D eigenvalue weighted by Gasteiger charge is 2.37. The van der Waals surface area contributed by atoms with E-state index in [0.717, 1.165) is 4.47 Å². The molecule has 0 amide bonds. The average Bonchev–Trinajstić information content (AvgIpc) is 3.46. The zero-order valence-electron chi connectivity index (χ0n) is 19.4. The number of rotatable bonds is 9. The third kappa shape index (κ3) is 5.83. The second kappa shape index (κ2) is 10.6. The zero-order chi connectivity index (χ0) is 26.1. The summed E-state index contributed by atoms with van der Waals surface area (Å²) in [6, 6.07) is 8.59. The molecule has 0 spiro atoms. The smallest absolute Gasteiger partial charge is 0.335 e. The lowest BCUT2D eigenvalue weighted by molar-refractivity contribution is 0.0636. The van der Waals surface area contributed by atoms with Gasteiger partial charge in [-0.05, 0) is 54.5 Å². The fraction of sp³-hybridized carbons (Fsp3) is 0.348. The fourth-order valence-electron chi connectivity index (χ4n) is 4.01. The SMILES string of the molecule is CNS(=O)(=O)O[C@@H]1C[C@H](Nc2ncncc2C(=O)c2cc([C@@](C)(O)c3cccc(Br)c3)cs2)C[C@@H]1O. The van der Waals surface area contributed by atoms with Crippen molar-refractivity contribution in [3.05, 3.63) is 74.3 Å². The van der Waals surface area contributed by atoms with Gasteiger partial charge in [0.25, 0.3) is 0 Å². The summed E-state index contributed by atoms with van der Waals surface area (Å²) >= 11 is 4.62. The van der Waals surface area contributed by atoms with Crippen LogP contribution >= 0.6 is 27.3 Å². The number of nitrogens with zero attached hydrogens (tertiary/aromatic N) is 2. The minimum absolute atomic E-state index is 0.193. The molecule has 1 aromatic carbocycles. The zero-order valence-corrected chi connectivity index (χ0v) is 22.6. The molecule has 0 radical (unpaired) electrons. The van der Waals surface area contributed by atoms with Gasteiger partial charge in [0.2, 0.25) is 5.78 Å². The van der Waals surface area contributed by atoms with Crippen LogP contribution in [0.25, 0.3) is 0 Å². The average molecular weight is 598 g/mol. The Labute approximate surface area is 221 Å². The van der Waals surface area contributed by atoms with Crippen LogP contribution in [0.5, 0.6) is 0 Å². The minimum atomic E-state index is -3.96. The van der Waals surface area contributed by atoms with E-state index in [-0.39, 0.29) is 36.0 Å². The highest BCUT2D eigenvalue weighted by atomic mass is 79.9. The summed E-state index contributed by atoms with van der Waals surface area (Å²) < 4.78 is 31.3. The summed E-state index contributed by atoms with van der Waals surface area (Å²) in [7, 11) is -2.74. The van der Waals surface area contributed by atoms with Crippen LogP contribution < -0.4 is 10.0 Å². The van der Waals surface area contributed by atoms with Crippen molar-refractivity contribution in [1.82, 2.24) is 14.7 Å². The number of hydrogen-bond acceptors (Lipinski definition) is 10. The van der Waals surface area contributed by atoms with E-state index in [1.807, 2.05) is 24.3 Å². The normalized spacial score (nSPS) is 21.8. The van der Waals surface area contributed by atoms with E-state index < -0.39 is 28.1 Å². The first-order valence-corrected chi connectivity index (χ1v) is 14.1. The number of carbonyl (C=O) groups is 1. The highest BCUT2D eigenvalue weighted by Crippen LogP contribution is 2.35. The molecule has 2 aromatic heterocycles. The van der Waals surface area contributed by atoms with Crippen molar-refractivity contribution in [3.8, 4) is 0 Å². The molecule has 0 bridgehead atoms. The quantitative estimate of drug-likeness (QED) is 0.273. The molecule has 4 N–H and O–H groups in total. The maximum atomic E-state index is 13.4. The number of ketones is 1. The van der Waals surface area contributed by atoms with Crippen molar-refractivity contribution in [3.63, 3.8) is 0 Å². The predicted molar refractivity (Wildman–Crippen MR) is 138 cm³/mol. The van der Waals surface area contributed by atoms with Crippen LogP contribution in [-0.2, 0) is 20.1 Å². The van der Waals surface area contributed by atoms with Gasteiger partial charge >= 0.3 is 10.3 Å². The number of aromatic nitrogens is 2. The Morgan fingerprint density at radius 1 is 1.28 bits per heavy atom. The maximum Gasteiger partial charge on any atom is 0.335 e. The van der Waals surface area contributed by atoms with Crippen molar-refractivity contribution in [2.75, 3.05) is 12.4 Å². The van der Waals surface area contributed by atoms with Crippen LogP contribution in [0.1, 0.15) is 46.1 Å². The Hall–Kier alpha value is -2.26. The van der Waals surface area contributed by atoms with Crippen LogP contribution in [0, 0.1) is 0 Å². The number of anilines is 1. The van der Waals surface area contributed by atoms with E-state index in [1.54, 1.807) is 18.4 Å². The third-order valence-corrected chi connectivity index (χ3v) is 8.46. The van der Waals surface area contributed by atoms with Crippen molar-refractivity contribution in [2.24, 2.45) is 0 Å². The topological polar surface area (TPSA) is 151 Å². The first kappa shape index (κ1) is 26.8. The number of halogens is 1. The van der Waals surface area contributed by atoms with Gasteiger partial charge in [-0.25, -0.2) is 9.97 Å². The maximum absolute atomic E-state index is 13.4.